The minimum Gasteiger partial charge on any atom is -0.549 e. The number of carbonyl (C=O) groups excluding carboxylic acids is 2. The molecule has 0 saturated carbocycles. The van der Waals surface area contributed by atoms with Gasteiger partial charge in [-0.25, -0.2) is 0 Å². The van der Waals surface area contributed by atoms with E-state index in [4.69, 9.17) is 4.74 Å². The average molecular weight is 474 g/mol. The van der Waals surface area contributed by atoms with E-state index >= 15 is 0 Å². The quantitative estimate of drug-likeness (QED) is 0.391. The van der Waals surface area contributed by atoms with Crippen LogP contribution >= 0.6 is 11.8 Å². The first-order chi connectivity index (χ1) is 16.5. The third-order valence-corrected chi connectivity index (χ3v) is 6.04. The van der Waals surface area contributed by atoms with Crippen molar-refractivity contribution in [2.45, 2.75) is 17.3 Å². The van der Waals surface area contributed by atoms with Crippen LogP contribution in [0.25, 0.3) is 17.1 Å². The summed E-state index contributed by atoms with van der Waals surface area (Å²) < 4.78 is 7.02. The highest BCUT2D eigenvalue weighted by Crippen LogP contribution is 2.31. The number of hydrogen-bond acceptors (Lipinski definition) is 7. The minimum absolute atomic E-state index is 0.204. The van der Waals surface area contributed by atoms with Gasteiger partial charge in [0.05, 0.1) is 13.1 Å². The molecule has 0 spiro atoms. The fourth-order valence-corrected chi connectivity index (χ4v) is 4.00. The van der Waals surface area contributed by atoms with Crippen molar-refractivity contribution in [3.05, 3.63) is 84.4 Å². The minimum atomic E-state index is -1.19. The number of nitrogens with one attached hydrogen (secondary N) is 1. The second-order valence-corrected chi connectivity index (χ2v) is 8.62. The van der Waals surface area contributed by atoms with Gasteiger partial charge in [-0.2, -0.15) is 0 Å². The molecule has 0 aliphatic carbocycles. The summed E-state index contributed by atoms with van der Waals surface area (Å²) in [5.41, 5.74) is 2.69. The maximum atomic E-state index is 12.4. The fourth-order valence-electron chi connectivity index (χ4n) is 3.20. The number of thioether (sulfide) groups is 1. The number of aromatic nitrogens is 3. The first kappa shape index (κ1) is 23.1. The van der Waals surface area contributed by atoms with Gasteiger partial charge in [0.25, 0.3) is 5.91 Å². The van der Waals surface area contributed by atoms with E-state index in [1.165, 1.54) is 6.92 Å². The van der Waals surface area contributed by atoms with Crippen LogP contribution in [0.4, 0.5) is 5.69 Å². The third kappa shape index (κ3) is 5.10. The smallest absolute Gasteiger partial charge is 0.255 e. The van der Waals surface area contributed by atoms with E-state index < -0.39 is 11.2 Å². The highest BCUT2D eigenvalue weighted by atomic mass is 32.2. The molecule has 0 saturated heterocycles. The van der Waals surface area contributed by atoms with Crippen molar-refractivity contribution in [3.8, 4) is 22.8 Å². The van der Waals surface area contributed by atoms with Gasteiger partial charge < -0.3 is 20.0 Å². The zero-order valence-electron chi connectivity index (χ0n) is 18.5. The number of anilines is 1. The van der Waals surface area contributed by atoms with Crippen LogP contribution in [-0.2, 0) is 4.79 Å². The molecule has 4 rings (SSSR count). The molecule has 4 aromatic rings. The molecular formula is C25H21N4O4S-. The lowest BCUT2D eigenvalue weighted by Gasteiger charge is -2.14. The summed E-state index contributed by atoms with van der Waals surface area (Å²) in [6, 6.07) is 23.4. The Labute approximate surface area is 200 Å². The van der Waals surface area contributed by atoms with Gasteiger partial charge in [-0.3, -0.25) is 9.36 Å². The van der Waals surface area contributed by atoms with Crippen LogP contribution in [0.15, 0.2) is 84.0 Å². The lowest BCUT2D eigenvalue weighted by molar-refractivity contribution is -0.304. The Hall–Kier alpha value is -4.11. The van der Waals surface area contributed by atoms with E-state index in [-0.39, 0.29) is 5.91 Å². The lowest BCUT2D eigenvalue weighted by atomic mass is 10.1. The number of benzene rings is 3. The van der Waals surface area contributed by atoms with E-state index in [2.05, 4.69) is 15.5 Å². The van der Waals surface area contributed by atoms with Crippen molar-refractivity contribution in [2.24, 2.45) is 0 Å². The molecule has 3 aromatic carbocycles. The average Bonchev–Trinajstić information content (AvgIpc) is 3.28. The number of hydrogen-bond donors (Lipinski definition) is 1. The van der Waals surface area contributed by atoms with Crippen LogP contribution in [0.1, 0.15) is 17.3 Å². The number of ether oxygens (including phenoxy) is 1. The maximum Gasteiger partial charge on any atom is 0.255 e. The number of nitrogens with zero attached hydrogens (tertiary/aromatic N) is 3. The monoisotopic (exact) mass is 473 g/mol. The molecule has 0 aliphatic rings. The standard InChI is InChI=1S/C25H22N4O4S/c1-16(24(31)32)34-25-28-27-22(29(25)20-12-14-21(33-2)15-13-20)17-8-10-19(11-9-17)26-23(30)18-6-4-3-5-7-18/h3-16H,1-2H3,(H,26,30)(H,31,32)/p-1/t16-/m1/s1. The van der Waals surface area contributed by atoms with Gasteiger partial charge >= 0.3 is 0 Å². The largest absolute Gasteiger partial charge is 0.549 e. The molecule has 172 valence electrons. The van der Waals surface area contributed by atoms with E-state index in [1.807, 2.05) is 30.3 Å². The Balaban J connectivity index is 1.65. The van der Waals surface area contributed by atoms with Gasteiger partial charge in [0.2, 0.25) is 0 Å². The molecule has 1 amide bonds. The second-order valence-electron chi connectivity index (χ2n) is 7.32. The van der Waals surface area contributed by atoms with Gasteiger partial charge in [-0.1, -0.05) is 30.0 Å². The number of carboxylic acids is 1. The van der Waals surface area contributed by atoms with Crippen molar-refractivity contribution in [2.75, 3.05) is 12.4 Å². The molecule has 8 nitrogen and oxygen atoms in total. The molecule has 0 radical (unpaired) electrons. The zero-order valence-corrected chi connectivity index (χ0v) is 19.3. The Bertz CT molecular complexity index is 1290. The number of carbonyl (C=O) groups is 2. The molecule has 0 unspecified atom stereocenters. The van der Waals surface area contributed by atoms with Crippen LogP contribution in [-0.4, -0.2) is 39.0 Å². The number of rotatable bonds is 8. The number of methoxy groups -OCH3 is 1. The Kier molecular flexibility index (Phi) is 6.93. The third-order valence-electron chi connectivity index (χ3n) is 5.02. The predicted octanol–water partition coefficient (Wildman–Crippen LogP) is 3.43. The SMILES string of the molecule is COc1ccc(-n2c(S[C@H](C)C(=O)[O-])nnc2-c2ccc(NC(=O)c3ccccc3)cc2)cc1. The van der Waals surface area contributed by atoms with Gasteiger partial charge in [0, 0.05) is 27.8 Å². The summed E-state index contributed by atoms with van der Waals surface area (Å²) in [5.74, 6) is -0.174. The molecule has 1 heterocycles. The maximum absolute atomic E-state index is 12.4. The zero-order chi connectivity index (χ0) is 24.1. The topological polar surface area (TPSA) is 109 Å². The van der Waals surface area contributed by atoms with Crippen LogP contribution in [0.5, 0.6) is 5.75 Å². The summed E-state index contributed by atoms with van der Waals surface area (Å²) in [7, 11) is 1.58. The van der Waals surface area contributed by atoms with E-state index in [0.717, 1.165) is 23.0 Å². The first-order valence-corrected chi connectivity index (χ1v) is 11.3. The molecule has 34 heavy (non-hydrogen) atoms. The highest BCUT2D eigenvalue weighted by molar-refractivity contribution is 8.00. The molecule has 1 atom stereocenters. The van der Waals surface area contributed by atoms with Gasteiger partial charge in [0.15, 0.2) is 11.0 Å². The predicted molar refractivity (Wildman–Crippen MR) is 128 cm³/mol. The molecule has 0 bridgehead atoms. The van der Waals surface area contributed by atoms with E-state index in [0.29, 0.717) is 28.0 Å². The van der Waals surface area contributed by atoms with E-state index in [9.17, 15) is 14.7 Å². The summed E-state index contributed by atoms with van der Waals surface area (Å²) in [6.07, 6.45) is 0. The summed E-state index contributed by atoms with van der Waals surface area (Å²) >= 11 is 1.05. The molecule has 1 aromatic heterocycles. The van der Waals surface area contributed by atoms with E-state index in [1.54, 1.807) is 60.2 Å². The van der Waals surface area contributed by atoms with Crippen LogP contribution < -0.4 is 15.2 Å². The molecule has 0 aliphatic heterocycles. The van der Waals surface area contributed by atoms with Gasteiger partial charge in [0.1, 0.15) is 5.75 Å². The molecule has 0 fully saturated rings. The van der Waals surface area contributed by atoms with Crippen LogP contribution in [0.3, 0.4) is 0 Å². The van der Waals surface area contributed by atoms with Crippen molar-refractivity contribution in [3.63, 3.8) is 0 Å². The molecule has 9 heteroatoms. The number of carboxylic acid groups (broad SMARTS) is 1. The van der Waals surface area contributed by atoms with Gasteiger partial charge in [-0.15, -0.1) is 10.2 Å². The van der Waals surface area contributed by atoms with Crippen LogP contribution in [0, 0.1) is 0 Å². The van der Waals surface area contributed by atoms with Gasteiger partial charge in [-0.05, 0) is 67.6 Å². The highest BCUT2D eigenvalue weighted by Gasteiger charge is 2.19. The Morgan fingerprint density at radius 2 is 1.65 bits per heavy atom. The summed E-state index contributed by atoms with van der Waals surface area (Å²) in [4.78, 5) is 23.7. The number of aliphatic carboxylic acids is 1. The number of amides is 1. The Morgan fingerprint density at radius 3 is 2.26 bits per heavy atom. The van der Waals surface area contributed by atoms with Crippen molar-refractivity contribution in [1.29, 1.82) is 0 Å². The molecule has 1 N–H and O–H groups in total. The lowest BCUT2D eigenvalue weighted by Crippen LogP contribution is -2.31. The van der Waals surface area contributed by atoms with Crippen molar-refractivity contribution in [1.82, 2.24) is 14.8 Å². The fraction of sp³-hybridized carbons (Fsp3) is 0.120. The van der Waals surface area contributed by atoms with Crippen LogP contribution in [0.2, 0.25) is 0 Å². The summed E-state index contributed by atoms with van der Waals surface area (Å²) in [5, 5.41) is 22.3. The second kappa shape index (κ2) is 10.2. The van der Waals surface area contributed by atoms with Crippen molar-refractivity contribution >= 4 is 29.3 Å². The Morgan fingerprint density at radius 1 is 0.971 bits per heavy atom. The first-order valence-electron chi connectivity index (χ1n) is 10.4. The normalized spacial score (nSPS) is 11.6. The molecular weight excluding hydrogens is 452 g/mol. The summed E-state index contributed by atoms with van der Waals surface area (Å²) in [6.45, 7) is 1.54. The van der Waals surface area contributed by atoms with Crippen molar-refractivity contribution < 1.29 is 19.4 Å².